The largest absolute Gasteiger partial charge is 0.363 e. The standard InChI is InChI=1S/C23H27FN2O/c1-16-7-9-17(10-8-16)22(27)25-12-11-21-18(15-25)14-23(2,3)26(21)20-6-4-5-19(24)13-20/h4-10,13,18,21H,11-12,14-15H2,1-3H3/t18-,21+/m1/s1. The van der Waals surface area contributed by atoms with E-state index in [2.05, 4.69) is 18.7 Å². The molecule has 27 heavy (non-hydrogen) atoms. The van der Waals surface area contributed by atoms with E-state index in [0.717, 1.165) is 42.7 Å². The Morgan fingerprint density at radius 1 is 1.15 bits per heavy atom. The second kappa shape index (κ2) is 6.66. The van der Waals surface area contributed by atoms with Crippen molar-refractivity contribution in [2.24, 2.45) is 5.92 Å². The highest BCUT2D eigenvalue weighted by Gasteiger charge is 2.48. The van der Waals surface area contributed by atoms with Gasteiger partial charge in [0, 0.05) is 35.9 Å². The average Bonchev–Trinajstić information content (AvgIpc) is 2.90. The number of amides is 1. The van der Waals surface area contributed by atoms with E-state index >= 15 is 0 Å². The summed E-state index contributed by atoms with van der Waals surface area (Å²) in [5.41, 5.74) is 2.82. The highest BCUT2D eigenvalue weighted by atomic mass is 19.1. The maximum atomic E-state index is 13.8. The smallest absolute Gasteiger partial charge is 0.253 e. The van der Waals surface area contributed by atoms with Gasteiger partial charge in [-0.25, -0.2) is 4.39 Å². The van der Waals surface area contributed by atoms with Crippen molar-refractivity contribution in [2.75, 3.05) is 18.0 Å². The molecule has 2 heterocycles. The van der Waals surface area contributed by atoms with Gasteiger partial charge in [-0.05, 0) is 69.9 Å². The quantitative estimate of drug-likeness (QED) is 0.772. The molecule has 2 aliphatic rings. The molecule has 4 heteroatoms. The van der Waals surface area contributed by atoms with Crippen molar-refractivity contribution in [1.82, 2.24) is 4.90 Å². The van der Waals surface area contributed by atoms with Gasteiger partial charge in [-0.3, -0.25) is 4.79 Å². The molecule has 1 amide bonds. The van der Waals surface area contributed by atoms with Gasteiger partial charge >= 0.3 is 0 Å². The summed E-state index contributed by atoms with van der Waals surface area (Å²) in [6.45, 7) is 7.99. The molecule has 0 aliphatic carbocycles. The van der Waals surface area contributed by atoms with Crippen LogP contribution in [0.15, 0.2) is 48.5 Å². The molecule has 4 rings (SSSR count). The molecule has 2 atom stereocenters. The summed E-state index contributed by atoms with van der Waals surface area (Å²) >= 11 is 0. The molecule has 3 nitrogen and oxygen atoms in total. The fraction of sp³-hybridized carbons (Fsp3) is 0.435. The van der Waals surface area contributed by atoms with Crippen LogP contribution in [0.1, 0.15) is 42.6 Å². The number of carbonyl (C=O) groups excluding carboxylic acids is 1. The molecule has 142 valence electrons. The van der Waals surface area contributed by atoms with Crippen LogP contribution in [0.5, 0.6) is 0 Å². The lowest BCUT2D eigenvalue weighted by Gasteiger charge is -2.42. The van der Waals surface area contributed by atoms with Crippen molar-refractivity contribution in [3.63, 3.8) is 0 Å². The molecule has 0 saturated carbocycles. The summed E-state index contributed by atoms with van der Waals surface area (Å²) in [6.07, 6.45) is 1.92. The Bertz CT molecular complexity index is 846. The van der Waals surface area contributed by atoms with Crippen LogP contribution in [-0.4, -0.2) is 35.5 Å². The average molecular weight is 366 g/mol. The van der Waals surface area contributed by atoms with E-state index in [1.165, 1.54) is 6.07 Å². The van der Waals surface area contributed by atoms with Crippen molar-refractivity contribution in [3.8, 4) is 0 Å². The van der Waals surface area contributed by atoms with Crippen LogP contribution in [0.25, 0.3) is 0 Å². The number of rotatable bonds is 2. The third kappa shape index (κ3) is 3.33. The summed E-state index contributed by atoms with van der Waals surface area (Å²) in [4.78, 5) is 17.3. The monoisotopic (exact) mass is 366 g/mol. The highest BCUT2D eigenvalue weighted by molar-refractivity contribution is 5.94. The highest BCUT2D eigenvalue weighted by Crippen LogP contribution is 2.44. The zero-order chi connectivity index (χ0) is 19.2. The van der Waals surface area contributed by atoms with Crippen LogP contribution in [0.2, 0.25) is 0 Å². The molecule has 2 fully saturated rings. The van der Waals surface area contributed by atoms with Crippen LogP contribution in [0.3, 0.4) is 0 Å². The lowest BCUT2D eigenvalue weighted by atomic mass is 9.89. The maximum Gasteiger partial charge on any atom is 0.253 e. The Labute approximate surface area is 160 Å². The molecule has 2 aromatic rings. The minimum atomic E-state index is -0.196. The first-order chi connectivity index (χ1) is 12.8. The van der Waals surface area contributed by atoms with Crippen LogP contribution in [-0.2, 0) is 0 Å². The van der Waals surface area contributed by atoms with Crippen molar-refractivity contribution in [1.29, 1.82) is 0 Å². The predicted octanol–water partition coefficient (Wildman–Crippen LogP) is 4.65. The van der Waals surface area contributed by atoms with Crippen LogP contribution in [0.4, 0.5) is 10.1 Å². The van der Waals surface area contributed by atoms with Gasteiger partial charge in [0.15, 0.2) is 0 Å². The minimum absolute atomic E-state index is 0.0496. The molecule has 2 aromatic carbocycles. The first-order valence-electron chi connectivity index (χ1n) is 9.76. The minimum Gasteiger partial charge on any atom is -0.363 e. The van der Waals surface area contributed by atoms with E-state index in [4.69, 9.17) is 0 Å². The molecular weight excluding hydrogens is 339 g/mol. The molecule has 0 aromatic heterocycles. The Kier molecular flexibility index (Phi) is 4.45. The van der Waals surface area contributed by atoms with Crippen LogP contribution < -0.4 is 4.90 Å². The van der Waals surface area contributed by atoms with Gasteiger partial charge in [-0.2, -0.15) is 0 Å². The Hall–Kier alpha value is -2.36. The number of carbonyl (C=O) groups is 1. The molecule has 0 unspecified atom stereocenters. The second-order valence-electron chi connectivity index (χ2n) is 8.60. The van der Waals surface area contributed by atoms with Gasteiger partial charge < -0.3 is 9.80 Å². The van der Waals surface area contributed by atoms with Crippen LogP contribution in [0, 0.1) is 18.7 Å². The SMILES string of the molecule is Cc1ccc(C(=O)N2CC[C@H]3[C@@H](C2)CC(C)(C)N3c2cccc(F)c2)cc1. The normalized spacial score (nSPS) is 24.0. The zero-order valence-corrected chi connectivity index (χ0v) is 16.3. The number of anilines is 1. The summed E-state index contributed by atoms with van der Waals surface area (Å²) < 4.78 is 13.8. The Morgan fingerprint density at radius 3 is 2.59 bits per heavy atom. The second-order valence-corrected chi connectivity index (χ2v) is 8.60. The first-order valence-corrected chi connectivity index (χ1v) is 9.76. The van der Waals surface area contributed by atoms with E-state index in [1.54, 1.807) is 12.1 Å². The third-order valence-electron chi connectivity index (χ3n) is 6.11. The number of fused-ring (bicyclic) bond motifs is 1. The van der Waals surface area contributed by atoms with E-state index in [-0.39, 0.29) is 17.3 Å². The fourth-order valence-corrected chi connectivity index (χ4v) is 4.98. The lowest BCUT2D eigenvalue weighted by molar-refractivity contribution is 0.0667. The molecular formula is C23H27FN2O. The molecule has 0 radical (unpaired) electrons. The van der Waals surface area contributed by atoms with E-state index in [1.807, 2.05) is 42.2 Å². The molecule has 2 aliphatic heterocycles. The van der Waals surface area contributed by atoms with Crippen LogP contribution >= 0.6 is 0 Å². The van der Waals surface area contributed by atoms with Crippen molar-refractivity contribution in [2.45, 2.75) is 45.2 Å². The Balaban J connectivity index is 1.54. The topological polar surface area (TPSA) is 23.6 Å². The predicted molar refractivity (Wildman–Crippen MR) is 107 cm³/mol. The first kappa shape index (κ1) is 18.0. The molecule has 2 saturated heterocycles. The molecule has 0 N–H and O–H groups in total. The van der Waals surface area contributed by atoms with Gasteiger partial charge in [0.1, 0.15) is 5.82 Å². The van der Waals surface area contributed by atoms with E-state index in [0.29, 0.717) is 12.0 Å². The summed E-state index contributed by atoms with van der Waals surface area (Å²) in [6, 6.07) is 15.1. The summed E-state index contributed by atoms with van der Waals surface area (Å²) in [5, 5.41) is 0. The zero-order valence-electron chi connectivity index (χ0n) is 16.3. The summed E-state index contributed by atoms with van der Waals surface area (Å²) in [5.74, 6) is 0.334. The number of benzene rings is 2. The fourth-order valence-electron chi connectivity index (χ4n) is 4.98. The van der Waals surface area contributed by atoms with Crippen molar-refractivity contribution < 1.29 is 9.18 Å². The number of aryl methyl sites for hydroxylation is 1. The number of piperidine rings is 1. The maximum absolute atomic E-state index is 13.8. The molecule has 0 bridgehead atoms. The molecule has 0 spiro atoms. The van der Waals surface area contributed by atoms with Gasteiger partial charge in [0.2, 0.25) is 0 Å². The summed E-state index contributed by atoms with van der Waals surface area (Å²) in [7, 11) is 0. The van der Waals surface area contributed by atoms with Crippen molar-refractivity contribution >= 4 is 11.6 Å². The number of halogens is 1. The third-order valence-corrected chi connectivity index (χ3v) is 6.11. The van der Waals surface area contributed by atoms with Crippen molar-refractivity contribution in [3.05, 3.63) is 65.5 Å². The van der Waals surface area contributed by atoms with Gasteiger partial charge in [0.05, 0.1) is 0 Å². The van der Waals surface area contributed by atoms with Gasteiger partial charge in [-0.15, -0.1) is 0 Å². The van der Waals surface area contributed by atoms with Gasteiger partial charge in [0.25, 0.3) is 5.91 Å². The van der Waals surface area contributed by atoms with E-state index < -0.39 is 0 Å². The number of hydrogen-bond donors (Lipinski definition) is 0. The number of likely N-dealkylation sites (tertiary alicyclic amines) is 1. The van der Waals surface area contributed by atoms with E-state index in [9.17, 15) is 9.18 Å². The lowest BCUT2D eigenvalue weighted by Crippen LogP contribution is -2.50. The number of nitrogens with zero attached hydrogens (tertiary/aromatic N) is 2. The van der Waals surface area contributed by atoms with Gasteiger partial charge in [-0.1, -0.05) is 23.8 Å². The Morgan fingerprint density at radius 2 is 1.89 bits per heavy atom. The number of hydrogen-bond acceptors (Lipinski definition) is 2.